The molecule has 0 aliphatic carbocycles. The summed E-state index contributed by atoms with van der Waals surface area (Å²) in [5, 5.41) is 8.25. The lowest BCUT2D eigenvalue weighted by atomic mass is 9.97. The predicted molar refractivity (Wildman–Crippen MR) is 80.9 cm³/mol. The number of hydrogen-bond acceptors (Lipinski definition) is 3. The smallest absolute Gasteiger partial charge is 0.137 e. The van der Waals surface area contributed by atoms with Crippen molar-refractivity contribution < 1.29 is 4.39 Å². The first-order valence-electron chi connectivity index (χ1n) is 6.54. The van der Waals surface area contributed by atoms with Crippen LogP contribution in [0, 0.1) is 12.7 Å². The summed E-state index contributed by atoms with van der Waals surface area (Å²) in [7, 11) is 0. The number of nitrogens with zero attached hydrogens (tertiary/aromatic N) is 2. The number of aromatic nitrogens is 2. The van der Waals surface area contributed by atoms with Crippen LogP contribution in [0.25, 0.3) is 0 Å². The fourth-order valence-corrected chi connectivity index (χ4v) is 2.59. The summed E-state index contributed by atoms with van der Waals surface area (Å²) < 4.78 is 13.7. The molecule has 0 amide bonds. The van der Waals surface area contributed by atoms with Gasteiger partial charge >= 0.3 is 0 Å². The van der Waals surface area contributed by atoms with Gasteiger partial charge in [0.1, 0.15) is 5.82 Å². The van der Waals surface area contributed by atoms with Crippen LogP contribution in [0.5, 0.6) is 0 Å². The number of aryl methyl sites for hydroxylation is 2. The number of nitrogens with two attached hydrogens (primary N) is 1. The Hall–Kier alpha value is -1.33. The quantitative estimate of drug-likeness (QED) is 0.928. The second kappa shape index (κ2) is 6.41. The molecule has 1 aromatic heterocycles. The minimum atomic E-state index is -0.266. The van der Waals surface area contributed by atoms with E-state index in [-0.39, 0.29) is 11.9 Å². The summed E-state index contributed by atoms with van der Waals surface area (Å²) >= 11 is 3.19. The van der Waals surface area contributed by atoms with Crippen molar-refractivity contribution in [1.82, 2.24) is 10.2 Å². The number of rotatable bonds is 4. The molecule has 2 aromatic rings. The Labute approximate surface area is 126 Å². The standard InChI is InChI=1S/C15H17BrFN3/c1-3-15-11(6-9(2)19-20-15)14(18)8-10-4-5-13(17)12(16)7-10/h4-7,14H,3,8,18H2,1-2H3. The van der Waals surface area contributed by atoms with E-state index >= 15 is 0 Å². The van der Waals surface area contributed by atoms with Crippen molar-refractivity contribution in [2.75, 3.05) is 0 Å². The summed E-state index contributed by atoms with van der Waals surface area (Å²) in [5.74, 6) is -0.266. The molecule has 2 N–H and O–H groups in total. The molecule has 0 aliphatic rings. The van der Waals surface area contributed by atoms with E-state index in [0.29, 0.717) is 10.9 Å². The average molecular weight is 338 g/mol. The Kier molecular flexibility index (Phi) is 4.83. The molecule has 5 heteroatoms. The van der Waals surface area contributed by atoms with Crippen LogP contribution >= 0.6 is 15.9 Å². The van der Waals surface area contributed by atoms with Crippen LogP contribution in [0.1, 0.15) is 35.5 Å². The topological polar surface area (TPSA) is 51.8 Å². The van der Waals surface area contributed by atoms with E-state index in [9.17, 15) is 4.39 Å². The molecule has 20 heavy (non-hydrogen) atoms. The predicted octanol–water partition coefficient (Wildman–Crippen LogP) is 3.49. The molecule has 3 nitrogen and oxygen atoms in total. The molecule has 0 fully saturated rings. The van der Waals surface area contributed by atoms with Crippen molar-refractivity contribution in [1.29, 1.82) is 0 Å². The highest BCUT2D eigenvalue weighted by Gasteiger charge is 2.14. The van der Waals surface area contributed by atoms with Gasteiger partial charge in [0, 0.05) is 6.04 Å². The van der Waals surface area contributed by atoms with Gasteiger partial charge in [-0.1, -0.05) is 13.0 Å². The van der Waals surface area contributed by atoms with Gasteiger partial charge < -0.3 is 5.73 Å². The molecule has 1 aromatic carbocycles. The van der Waals surface area contributed by atoms with Gasteiger partial charge in [-0.25, -0.2) is 4.39 Å². The van der Waals surface area contributed by atoms with Crippen LogP contribution < -0.4 is 5.73 Å². The summed E-state index contributed by atoms with van der Waals surface area (Å²) in [5.41, 5.74) is 10.1. The first kappa shape index (κ1) is 15.1. The fraction of sp³-hybridized carbons (Fsp3) is 0.333. The van der Waals surface area contributed by atoms with Gasteiger partial charge in [0.25, 0.3) is 0 Å². The monoisotopic (exact) mass is 337 g/mol. The van der Waals surface area contributed by atoms with Gasteiger partial charge in [-0.05, 0) is 65.0 Å². The highest BCUT2D eigenvalue weighted by molar-refractivity contribution is 9.10. The molecule has 0 aliphatic heterocycles. The van der Waals surface area contributed by atoms with Crippen molar-refractivity contribution in [2.45, 2.75) is 32.7 Å². The van der Waals surface area contributed by atoms with Gasteiger partial charge in [-0.3, -0.25) is 0 Å². The summed E-state index contributed by atoms with van der Waals surface area (Å²) in [6, 6.07) is 6.78. The molecule has 1 heterocycles. The minimum absolute atomic E-state index is 0.170. The Morgan fingerprint density at radius 2 is 2.05 bits per heavy atom. The molecule has 0 radical (unpaired) electrons. The fourth-order valence-electron chi connectivity index (χ4n) is 2.16. The first-order valence-corrected chi connectivity index (χ1v) is 7.33. The summed E-state index contributed by atoms with van der Waals surface area (Å²) in [6.45, 7) is 3.93. The van der Waals surface area contributed by atoms with E-state index in [1.165, 1.54) is 6.07 Å². The van der Waals surface area contributed by atoms with Crippen molar-refractivity contribution in [3.63, 3.8) is 0 Å². The third-order valence-electron chi connectivity index (χ3n) is 3.20. The van der Waals surface area contributed by atoms with E-state index in [2.05, 4.69) is 26.1 Å². The second-order valence-electron chi connectivity index (χ2n) is 4.80. The maximum absolute atomic E-state index is 13.2. The maximum Gasteiger partial charge on any atom is 0.137 e. The van der Waals surface area contributed by atoms with Gasteiger partial charge in [-0.15, -0.1) is 0 Å². The van der Waals surface area contributed by atoms with Crippen LogP contribution in [-0.4, -0.2) is 10.2 Å². The Bertz CT molecular complexity index is 616. The van der Waals surface area contributed by atoms with Crippen LogP contribution in [0.15, 0.2) is 28.7 Å². The minimum Gasteiger partial charge on any atom is -0.324 e. The second-order valence-corrected chi connectivity index (χ2v) is 5.65. The molecule has 1 unspecified atom stereocenters. The van der Waals surface area contributed by atoms with Gasteiger partial charge in [0.05, 0.1) is 15.9 Å². The summed E-state index contributed by atoms with van der Waals surface area (Å²) in [6.07, 6.45) is 1.43. The van der Waals surface area contributed by atoms with E-state index in [1.807, 2.05) is 19.9 Å². The third-order valence-corrected chi connectivity index (χ3v) is 3.81. The SMILES string of the molecule is CCc1nnc(C)cc1C(N)Cc1ccc(F)c(Br)c1. The molecular weight excluding hydrogens is 321 g/mol. The highest BCUT2D eigenvalue weighted by atomic mass is 79.9. The third kappa shape index (κ3) is 3.41. The Balaban J connectivity index is 2.25. The van der Waals surface area contributed by atoms with E-state index < -0.39 is 0 Å². The van der Waals surface area contributed by atoms with E-state index in [4.69, 9.17) is 5.73 Å². The van der Waals surface area contributed by atoms with Crippen LogP contribution in [0.3, 0.4) is 0 Å². The maximum atomic E-state index is 13.2. The number of halogens is 2. The van der Waals surface area contributed by atoms with Crippen LogP contribution in [-0.2, 0) is 12.8 Å². The zero-order chi connectivity index (χ0) is 14.7. The van der Waals surface area contributed by atoms with Crippen molar-refractivity contribution >= 4 is 15.9 Å². The molecule has 0 saturated carbocycles. The number of benzene rings is 1. The van der Waals surface area contributed by atoms with Crippen molar-refractivity contribution in [2.24, 2.45) is 5.73 Å². The zero-order valence-electron chi connectivity index (χ0n) is 11.5. The lowest BCUT2D eigenvalue weighted by Gasteiger charge is -2.15. The highest BCUT2D eigenvalue weighted by Crippen LogP contribution is 2.23. The Morgan fingerprint density at radius 3 is 2.70 bits per heavy atom. The molecule has 0 bridgehead atoms. The van der Waals surface area contributed by atoms with E-state index in [0.717, 1.165) is 28.9 Å². The number of hydrogen-bond donors (Lipinski definition) is 1. The van der Waals surface area contributed by atoms with Gasteiger partial charge in [-0.2, -0.15) is 10.2 Å². The van der Waals surface area contributed by atoms with Gasteiger partial charge in [0.15, 0.2) is 0 Å². The van der Waals surface area contributed by atoms with E-state index in [1.54, 1.807) is 12.1 Å². The van der Waals surface area contributed by atoms with Gasteiger partial charge in [0.2, 0.25) is 0 Å². The normalized spacial score (nSPS) is 12.4. The molecule has 2 rings (SSSR count). The van der Waals surface area contributed by atoms with Crippen molar-refractivity contribution in [3.8, 4) is 0 Å². The lowest BCUT2D eigenvalue weighted by Crippen LogP contribution is -2.17. The van der Waals surface area contributed by atoms with Crippen LogP contribution in [0.4, 0.5) is 4.39 Å². The summed E-state index contributed by atoms with van der Waals surface area (Å²) in [4.78, 5) is 0. The molecule has 1 atom stereocenters. The molecule has 0 saturated heterocycles. The molecule has 106 valence electrons. The van der Waals surface area contributed by atoms with Crippen LogP contribution in [0.2, 0.25) is 0 Å². The molecular formula is C15H17BrFN3. The lowest BCUT2D eigenvalue weighted by molar-refractivity contribution is 0.618. The zero-order valence-corrected chi connectivity index (χ0v) is 13.1. The largest absolute Gasteiger partial charge is 0.324 e. The average Bonchev–Trinajstić information content (AvgIpc) is 2.43. The first-order chi connectivity index (χ1) is 9.51. The van der Waals surface area contributed by atoms with Crippen molar-refractivity contribution in [3.05, 3.63) is 57.1 Å². The molecule has 0 spiro atoms. The Morgan fingerprint density at radius 1 is 1.30 bits per heavy atom.